The molecule has 0 atom stereocenters. The van der Waals surface area contributed by atoms with E-state index in [1.54, 1.807) is 11.3 Å². The highest BCUT2D eigenvalue weighted by atomic mass is 32.1. The SMILES string of the molecule is C1=CC(=Nc2ccsc2)C=C1. The minimum Gasteiger partial charge on any atom is -0.248 e. The van der Waals surface area contributed by atoms with Crippen molar-refractivity contribution < 1.29 is 0 Å². The van der Waals surface area contributed by atoms with Crippen LogP contribution in [-0.4, -0.2) is 5.71 Å². The molecule has 11 heavy (non-hydrogen) atoms. The van der Waals surface area contributed by atoms with Gasteiger partial charge in [-0.1, -0.05) is 12.2 Å². The van der Waals surface area contributed by atoms with Gasteiger partial charge in [0.1, 0.15) is 0 Å². The summed E-state index contributed by atoms with van der Waals surface area (Å²) in [6, 6.07) is 2.01. The molecule has 0 aromatic carbocycles. The molecule has 0 fully saturated rings. The Labute approximate surface area is 69.4 Å². The first kappa shape index (κ1) is 6.55. The molecule has 1 aliphatic rings. The van der Waals surface area contributed by atoms with Gasteiger partial charge in [0.05, 0.1) is 11.4 Å². The predicted molar refractivity (Wildman–Crippen MR) is 49.7 cm³/mol. The van der Waals surface area contributed by atoms with Crippen molar-refractivity contribution in [3.05, 3.63) is 41.1 Å². The van der Waals surface area contributed by atoms with Gasteiger partial charge in [0.15, 0.2) is 0 Å². The van der Waals surface area contributed by atoms with E-state index in [-0.39, 0.29) is 0 Å². The Hall–Kier alpha value is -1.15. The topological polar surface area (TPSA) is 12.4 Å². The van der Waals surface area contributed by atoms with Crippen LogP contribution in [0.1, 0.15) is 0 Å². The summed E-state index contributed by atoms with van der Waals surface area (Å²) in [5.74, 6) is 0. The first-order chi connectivity index (χ1) is 5.45. The molecule has 0 aliphatic heterocycles. The quantitative estimate of drug-likeness (QED) is 0.600. The van der Waals surface area contributed by atoms with Crippen molar-refractivity contribution >= 4 is 22.7 Å². The molecule has 0 radical (unpaired) electrons. The van der Waals surface area contributed by atoms with Crippen molar-refractivity contribution in [1.82, 2.24) is 0 Å². The van der Waals surface area contributed by atoms with Gasteiger partial charge < -0.3 is 0 Å². The number of allylic oxidation sites excluding steroid dienone is 4. The van der Waals surface area contributed by atoms with E-state index in [0.717, 1.165) is 11.4 Å². The standard InChI is InChI=1S/C9H7NS/c1-2-4-8(3-1)10-9-5-6-11-7-9/h1-7H. The second-order valence-electron chi connectivity index (χ2n) is 2.24. The van der Waals surface area contributed by atoms with Crippen molar-refractivity contribution in [3.63, 3.8) is 0 Å². The van der Waals surface area contributed by atoms with Crippen LogP contribution in [0.5, 0.6) is 0 Å². The van der Waals surface area contributed by atoms with Gasteiger partial charge in [-0.15, -0.1) is 0 Å². The minimum absolute atomic E-state index is 1.03. The molecule has 54 valence electrons. The van der Waals surface area contributed by atoms with Gasteiger partial charge in [-0.3, -0.25) is 0 Å². The molecule has 0 amide bonds. The highest BCUT2D eigenvalue weighted by molar-refractivity contribution is 7.08. The van der Waals surface area contributed by atoms with Crippen LogP contribution in [0.25, 0.3) is 0 Å². The van der Waals surface area contributed by atoms with Crippen LogP contribution in [0, 0.1) is 0 Å². The smallest absolute Gasteiger partial charge is 0.0743 e. The fourth-order valence-corrected chi connectivity index (χ4v) is 1.48. The maximum Gasteiger partial charge on any atom is 0.0743 e. The Kier molecular flexibility index (Phi) is 1.69. The molecular formula is C9H7NS. The lowest BCUT2D eigenvalue weighted by atomic mass is 10.4. The van der Waals surface area contributed by atoms with E-state index in [4.69, 9.17) is 0 Å². The minimum atomic E-state index is 1.03. The number of thiophene rings is 1. The van der Waals surface area contributed by atoms with Gasteiger partial charge in [0.2, 0.25) is 0 Å². The Balaban J connectivity index is 2.28. The van der Waals surface area contributed by atoms with Crippen molar-refractivity contribution in [2.45, 2.75) is 0 Å². The molecule has 1 aromatic rings. The molecule has 1 heterocycles. The van der Waals surface area contributed by atoms with Crippen LogP contribution >= 0.6 is 11.3 Å². The molecule has 0 bridgehead atoms. The van der Waals surface area contributed by atoms with Gasteiger partial charge in [-0.2, -0.15) is 11.3 Å². The molecule has 0 N–H and O–H groups in total. The molecule has 1 aliphatic carbocycles. The molecule has 0 saturated carbocycles. The van der Waals surface area contributed by atoms with E-state index in [9.17, 15) is 0 Å². The van der Waals surface area contributed by atoms with E-state index >= 15 is 0 Å². The Morgan fingerprint density at radius 2 is 2.00 bits per heavy atom. The number of nitrogens with zero attached hydrogens (tertiary/aromatic N) is 1. The van der Waals surface area contributed by atoms with E-state index < -0.39 is 0 Å². The van der Waals surface area contributed by atoms with Gasteiger partial charge in [0.25, 0.3) is 0 Å². The average Bonchev–Trinajstić information content (AvgIpc) is 2.60. The van der Waals surface area contributed by atoms with Gasteiger partial charge >= 0.3 is 0 Å². The monoisotopic (exact) mass is 161 g/mol. The fraction of sp³-hybridized carbons (Fsp3) is 0. The van der Waals surface area contributed by atoms with Crippen molar-refractivity contribution in [2.75, 3.05) is 0 Å². The molecule has 0 unspecified atom stereocenters. The molecular weight excluding hydrogens is 154 g/mol. The summed E-state index contributed by atoms with van der Waals surface area (Å²) in [7, 11) is 0. The highest BCUT2D eigenvalue weighted by Gasteiger charge is 1.93. The lowest BCUT2D eigenvalue weighted by molar-refractivity contribution is 1.59. The zero-order valence-electron chi connectivity index (χ0n) is 5.90. The lowest BCUT2D eigenvalue weighted by Gasteiger charge is -1.86. The molecule has 0 saturated heterocycles. The number of hydrogen-bond donors (Lipinski definition) is 0. The van der Waals surface area contributed by atoms with Gasteiger partial charge in [-0.05, 0) is 23.6 Å². The third-order valence-corrected chi connectivity index (χ3v) is 2.08. The summed E-state index contributed by atoms with van der Waals surface area (Å²) < 4.78 is 0. The summed E-state index contributed by atoms with van der Waals surface area (Å²) in [5.41, 5.74) is 2.07. The summed E-state index contributed by atoms with van der Waals surface area (Å²) in [4.78, 5) is 4.37. The normalized spacial score (nSPS) is 14.4. The van der Waals surface area contributed by atoms with Gasteiger partial charge in [0, 0.05) is 5.38 Å². The molecule has 0 spiro atoms. The average molecular weight is 161 g/mol. The molecule has 1 nitrogen and oxygen atoms in total. The van der Waals surface area contributed by atoms with Crippen molar-refractivity contribution in [1.29, 1.82) is 0 Å². The third kappa shape index (κ3) is 1.46. The highest BCUT2D eigenvalue weighted by Crippen LogP contribution is 2.16. The van der Waals surface area contributed by atoms with Crippen LogP contribution in [-0.2, 0) is 0 Å². The van der Waals surface area contributed by atoms with Crippen LogP contribution in [0.2, 0.25) is 0 Å². The zero-order chi connectivity index (χ0) is 7.52. The summed E-state index contributed by atoms with van der Waals surface area (Å²) in [6.45, 7) is 0. The summed E-state index contributed by atoms with van der Waals surface area (Å²) >= 11 is 1.67. The first-order valence-corrected chi connectivity index (χ1v) is 4.35. The van der Waals surface area contributed by atoms with Crippen molar-refractivity contribution in [2.24, 2.45) is 4.99 Å². The molecule has 2 rings (SSSR count). The first-order valence-electron chi connectivity index (χ1n) is 3.41. The van der Waals surface area contributed by atoms with E-state index in [1.807, 2.05) is 41.1 Å². The van der Waals surface area contributed by atoms with Crippen molar-refractivity contribution in [3.8, 4) is 0 Å². The second kappa shape index (κ2) is 2.84. The number of hydrogen-bond acceptors (Lipinski definition) is 2. The zero-order valence-corrected chi connectivity index (χ0v) is 6.71. The van der Waals surface area contributed by atoms with Crippen LogP contribution < -0.4 is 0 Å². The van der Waals surface area contributed by atoms with Gasteiger partial charge in [-0.25, -0.2) is 4.99 Å². The van der Waals surface area contributed by atoms with Crippen LogP contribution in [0.3, 0.4) is 0 Å². The van der Waals surface area contributed by atoms with E-state index in [0.29, 0.717) is 0 Å². The van der Waals surface area contributed by atoms with E-state index in [2.05, 4.69) is 4.99 Å². The largest absolute Gasteiger partial charge is 0.248 e. The molecule has 1 aromatic heterocycles. The Bertz CT molecular complexity index is 303. The Morgan fingerprint density at radius 1 is 1.18 bits per heavy atom. The third-order valence-electron chi connectivity index (χ3n) is 1.41. The maximum absolute atomic E-state index is 4.37. The number of aliphatic imine (C=N–C) groups is 1. The second-order valence-corrected chi connectivity index (χ2v) is 3.02. The summed E-state index contributed by atoms with van der Waals surface area (Å²) in [6.07, 6.45) is 7.98. The fourth-order valence-electron chi connectivity index (χ4n) is 0.908. The van der Waals surface area contributed by atoms with E-state index in [1.165, 1.54) is 0 Å². The predicted octanol–water partition coefficient (Wildman–Crippen LogP) is 2.95. The van der Waals surface area contributed by atoms with Crippen LogP contribution in [0.15, 0.2) is 46.1 Å². The van der Waals surface area contributed by atoms with Crippen LogP contribution in [0.4, 0.5) is 5.69 Å². The maximum atomic E-state index is 4.37. The summed E-state index contributed by atoms with van der Waals surface area (Å²) in [5, 5.41) is 4.06. The lowest BCUT2D eigenvalue weighted by Crippen LogP contribution is -1.79. The Morgan fingerprint density at radius 3 is 2.64 bits per heavy atom. The molecule has 2 heteroatoms. The number of rotatable bonds is 1.